The van der Waals surface area contributed by atoms with Crippen LogP contribution in [0.1, 0.15) is 24.1 Å². The van der Waals surface area contributed by atoms with Gasteiger partial charge in [-0.1, -0.05) is 31.2 Å². The molecule has 0 saturated heterocycles. The first kappa shape index (κ1) is 23.1. The van der Waals surface area contributed by atoms with Crippen LogP contribution in [0.4, 0.5) is 5.69 Å². The van der Waals surface area contributed by atoms with Crippen molar-refractivity contribution in [2.75, 3.05) is 39.2 Å². The number of rotatable bonds is 11. The summed E-state index contributed by atoms with van der Waals surface area (Å²) in [6.45, 7) is 3.84. The number of hydrogen-bond acceptors (Lipinski definition) is 6. The predicted octanol–water partition coefficient (Wildman–Crippen LogP) is 3.29. The van der Waals surface area contributed by atoms with Crippen LogP contribution in [-0.2, 0) is 9.53 Å². The van der Waals surface area contributed by atoms with Gasteiger partial charge in [0.25, 0.3) is 0 Å². The Morgan fingerprint density at radius 1 is 1.23 bits per heavy atom. The van der Waals surface area contributed by atoms with Gasteiger partial charge in [0.2, 0.25) is 5.91 Å². The van der Waals surface area contributed by atoms with Crippen molar-refractivity contribution in [2.24, 2.45) is 5.73 Å². The van der Waals surface area contributed by atoms with Crippen LogP contribution < -0.4 is 15.8 Å². The van der Waals surface area contributed by atoms with Crippen molar-refractivity contribution >= 4 is 23.4 Å². The second-order valence-electron chi connectivity index (χ2n) is 6.63. The lowest BCUT2D eigenvalue weighted by atomic mass is 10.0. The average molecular weight is 411 g/mol. The van der Waals surface area contributed by atoms with Gasteiger partial charge < -0.3 is 25.9 Å². The van der Waals surface area contributed by atoms with Crippen LogP contribution in [0.25, 0.3) is 5.57 Å². The lowest BCUT2D eigenvalue weighted by molar-refractivity contribution is -0.121. The van der Waals surface area contributed by atoms with Gasteiger partial charge in [0.05, 0.1) is 13.7 Å². The van der Waals surface area contributed by atoms with Crippen LogP contribution in [0.3, 0.4) is 0 Å². The van der Waals surface area contributed by atoms with E-state index in [0.29, 0.717) is 36.7 Å². The molecule has 0 aliphatic heterocycles. The fourth-order valence-corrected chi connectivity index (χ4v) is 3.20. The van der Waals surface area contributed by atoms with E-state index in [9.17, 15) is 4.79 Å². The molecule has 160 valence electrons. The summed E-state index contributed by atoms with van der Waals surface area (Å²) in [4.78, 5) is 15.4. The van der Waals surface area contributed by atoms with Crippen molar-refractivity contribution in [1.29, 1.82) is 5.41 Å². The summed E-state index contributed by atoms with van der Waals surface area (Å²) >= 11 is 0. The van der Waals surface area contributed by atoms with Crippen LogP contribution in [0, 0.1) is 5.41 Å². The fraction of sp³-hybridized carbons (Fsp3) is 0.304. The van der Waals surface area contributed by atoms with E-state index in [1.54, 1.807) is 26.4 Å². The third kappa shape index (κ3) is 5.92. The van der Waals surface area contributed by atoms with Crippen molar-refractivity contribution in [3.8, 4) is 5.75 Å². The zero-order chi connectivity index (χ0) is 21.9. The van der Waals surface area contributed by atoms with Gasteiger partial charge in [-0.05, 0) is 41.9 Å². The van der Waals surface area contributed by atoms with E-state index in [4.69, 9.17) is 20.6 Å². The molecule has 7 heteroatoms. The molecule has 4 N–H and O–H groups in total. The summed E-state index contributed by atoms with van der Waals surface area (Å²) in [7, 11) is 3.25. The minimum absolute atomic E-state index is 0.143. The summed E-state index contributed by atoms with van der Waals surface area (Å²) in [6, 6.07) is 14.3. The van der Waals surface area contributed by atoms with Gasteiger partial charge in [-0.15, -0.1) is 0 Å². The maximum absolute atomic E-state index is 13.3. The molecule has 2 rings (SSSR count). The van der Waals surface area contributed by atoms with E-state index in [1.807, 2.05) is 43.3 Å². The third-order valence-corrected chi connectivity index (χ3v) is 4.83. The molecule has 7 nitrogen and oxygen atoms in total. The summed E-state index contributed by atoms with van der Waals surface area (Å²) < 4.78 is 10.6. The molecule has 0 spiro atoms. The number of methoxy groups -OCH3 is 2. The number of nitrogens with one attached hydrogen (secondary N) is 2. The molecule has 0 aromatic heterocycles. The van der Waals surface area contributed by atoms with Crippen LogP contribution in [0.5, 0.6) is 5.75 Å². The lowest BCUT2D eigenvalue weighted by Gasteiger charge is -2.30. The largest absolute Gasteiger partial charge is 0.497 e. The number of nitrogens with two attached hydrogens (primary N) is 1. The molecule has 0 fully saturated rings. The van der Waals surface area contributed by atoms with Gasteiger partial charge >= 0.3 is 0 Å². The molecule has 0 aliphatic carbocycles. The highest BCUT2D eigenvalue weighted by molar-refractivity contribution is 6.08. The standard InChI is InChI=1S/C23H30N4O3/c1-4-27(12-13-29-2)22(18-6-5-7-21(14-18)30-3)23(28)26-20-10-8-17(9-11-20)19(15-24)16-25/h5-11,14-16,22,24H,4,12-13,25H2,1-3H3,(H,26,28)/b19-16+,24-15?. The Balaban J connectivity index is 2.30. The number of amides is 1. The Kier molecular flexibility index (Phi) is 9.05. The molecule has 0 heterocycles. The van der Waals surface area contributed by atoms with Crippen molar-refractivity contribution < 1.29 is 14.3 Å². The number of allylic oxidation sites excluding steroid dienone is 1. The minimum atomic E-state index is -0.499. The Labute approximate surface area is 178 Å². The molecule has 1 unspecified atom stereocenters. The van der Waals surface area contributed by atoms with Gasteiger partial charge in [0.15, 0.2) is 0 Å². The number of benzene rings is 2. The summed E-state index contributed by atoms with van der Waals surface area (Å²) in [5, 5.41) is 10.4. The van der Waals surface area contributed by atoms with Crippen molar-refractivity contribution in [3.63, 3.8) is 0 Å². The van der Waals surface area contributed by atoms with E-state index in [0.717, 1.165) is 11.1 Å². The number of nitrogens with zero attached hydrogens (tertiary/aromatic N) is 1. The van der Waals surface area contributed by atoms with E-state index in [2.05, 4.69) is 10.2 Å². The summed E-state index contributed by atoms with van der Waals surface area (Å²) in [6.07, 6.45) is 2.58. The summed E-state index contributed by atoms with van der Waals surface area (Å²) in [5.74, 6) is 0.556. The number of carbonyl (C=O) groups is 1. The van der Waals surface area contributed by atoms with Crippen molar-refractivity contribution in [3.05, 3.63) is 65.9 Å². The molecular weight excluding hydrogens is 380 g/mol. The molecule has 0 bridgehead atoms. The predicted molar refractivity (Wildman–Crippen MR) is 121 cm³/mol. The molecule has 0 saturated carbocycles. The molecule has 0 aliphatic rings. The highest BCUT2D eigenvalue weighted by atomic mass is 16.5. The van der Waals surface area contributed by atoms with Crippen LogP contribution in [0.2, 0.25) is 0 Å². The van der Waals surface area contributed by atoms with Crippen LogP contribution in [0.15, 0.2) is 54.7 Å². The highest BCUT2D eigenvalue weighted by Crippen LogP contribution is 2.26. The second-order valence-corrected chi connectivity index (χ2v) is 6.63. The monoisotopic (exact) mass is 410 g/mol. The SMILES string of the molecule is CCN(CCOC)C(C(=O)Nc1ccc(/C(C=N)=C/N)cc1)c1cccc(OC)c1. The number of carbonyl (C=O) groups excluding carboxylic acids is 1. The Morgan fingerprint density at radius 3 is 2.53 bits per heavy atom. The number of anilines is 1. The van der Waals surface area contributed by atoms with Gasteiger partial charge in [-0.2, -0.15) is 0 Å². The molecule has 2 aromatic rings. The smallest absolute Gasteiger partial charge is 0.246 e. The zero-order valence-corrected chi connectivity index (χ0v) is 17.7. The molecule has 0 radical (unpaired) electrons. The highest BCUT2D eigenvalue weighted by Gasteiger charge is 2.27. The van der Waals surface area contributed by atoms with Crippen molar-refractivity contribution in [2.45, 2.75) is 13.0 Å². The topological polar surface area (TPSA) is 101 Å². The Hall–Kier alpha value is -3.16. The third-order valence-electron chi connectivity index (χ3n) is 4.83. The first-order valence-corrected chi connectivity index (χ1v) is 9.78. The van der Waals surface area contributed by atoms with E-state index in [1.165, 1.54) is 12.4 Å². The zero-order valence-electron chi connectivity index (χ0n) is 17.7. The average Bonchev–Trinajstić information content (AvgIpc) is 2.78. The molecular formula is C23H30N4O3. The number of ether oxygens (including phenoxy) is 2. The minimum Gasteiger partial charge on any atom is -0.497 e. The van der Waals surface area contributed by atoms with Gasteiger partial charge in [0, 0.05) is 37.3 Å². The quantitative estimate of drug-likeness (QED) is 0.494. The number of hydrogen-bond donors (Lipinski definition) is 3. The molecule has 2 aromatic carbocycles. The second kappa shape index (κ2) is 11.7. The summed E-state index contributed by atoms with van der Waals surface area (Å²) in [5.41, 5.74) is 8.48. The van der Waals surface area contributed by atoms with Crippen LogP contribution in [-0.4, -0.2) is 50.9 Å². The van der Waals surface area contributed by atoms with Gasteiger partial charge in [-0.3, -0.25) is 9.69 Å². The Bertz CT molecular complexity index is 865. The fourth-order valence-electron chi connectivity index (χ4n) is 3.20. The maximum Gasteiger partial charge on any atom is 0.246 e. The maximum atomic E-state index is 13.3. The van der Waals surface area contributed by atoms with Crippen molar-refractivity contribution in [1.82, 2.24) is 4.90 Å². The van der Waals surface area contributed by atoms with Gasteiger partial charge in [-0.25, -0.2) is 0 Å². The lowest BCUT2D eigenvalue weighted by Crippen LogP contribution is -2.39. The normalized spacial score (nSPS) is 12.5. The molecule has 30 heavy (non-hydrogen) atoms. The van der Waals surface area contributed by atoms with Gasteiger partial charge in [0.1, 0.15) is 11.8 Å². The Morgan fingerprint density at radius 2 is 1.97 bits per heavy atom. The van der Waals surface area contributed by atoms with E-state index < -0.39 is 6.04 Å². The van der Waals surface area contributed by atoms with E-state index in [-0.39, 0.29) is 5.91 Å². The molecule has 1 amide bonds. The number of likely N-dealkylation sites (N-methyl/N-ethyl adjacent to an activating group) is 1. The van der Waals surface area contributed by atoms with Crippen LogP contribution >= 0.6 is 0 Å². The first-order valence-electron chi connectivity index (χ1n) is 9.78. The molecule has 1 atom stereocenters. The van der Waals surface area contributed by atoms with E-state index >= 15 is 0 Å². The first-order chi connectivity index (χ1) is 14.6.